The van der Waals surface area contributed by atoms with Gasteiger partial charge in [0.2, 0.25) is 0 Å². The number of rotatable bonds is 7. The van der Waals surface area contributed by atoms with Crippen LogP contribution in [0.15, 0.2) is 42.7 Å². The molecule has 1 fully saturated rings. The first-order chi connectivity index (χ1) is 17.9. The molecule has 0 atom stereocenters. The molecule has 0 spiro atoms. The van der Waals surface area contributed by atoms with Crippen LogP contribution in [-0.4, -0.2) is 66.9 Å². The topological polar surface area (TPSA) is 118 Å². The number of hydrogen-bond acceptors (Lipinski definition) is 8. The fourth-order valence-corrected chi connectivity index (χ4v) is 4.55. The number of ether oxygens (including phenoxy) is 1. The van der Waals surface area contributed by atoms with Gasteiger partial charge in [-0.3, -0.25) is 14.5 Å². The summed E-state index contributed by atoms with van der Waals surface area (Å²) in [6.07, 6.45) is 5.47. The summed E-state index contributed by atoms with van der Waals surface area (Å²) in [4.78, 5) is 29.1. The van der Waals surface area contributed by atoms with Crippen molar-refractivity contribution in [2.45, 2.75) is 45.8 Å². The molecule has 4 heterocycles. The van der Waals surface area contributed by atoms with Crippen molar-refractivity contribution in [3.8, 4) is 17.3 Å². The number of nitrogens with zero attached hydrogens (tertiary/aromatic N) is 6. The van der Waals surface area contributed by atoms with Gasteiger partial charge in [0.05, 0.1) is 23.6 Å². The normalized spacial score (nSPS) is 14.1. The van der Waals surface area contributed by atoms with Crippen molar-refractivity contribution in [2.24, 2.45) is 0 Å². The minimum Gasteiger partial charge on any atom is -0.508 e. The van der Waals surface area contributed by atoms with Gasteiger partial charge in [-0.15, -0.1) is 0 Å². The Morgan fingerprint density at radius 2 is 2.00 bits per heavy atom. The van der Waals surface area contributed by atoms with Gasteiger partial charge in [0.15, 0.2) is 5.82 Å². The molecule has 0 radical (unpaired) electrons. The third-order valence-corrected chi connectivity index (χ3v) is 6.73. The molecule has 0 bridgehead atoms. The van der Waals surface area contributed by atoms with Crippen LogP contribution >= 0.6 is 0 Å². The van der Waals surface area contributed by atoms with E-state index >= 15 is 0 Å². The summed E-state index contributed by atoms with van der Waals surface area (Å²) >= 11 is 0. The van der Waals surface area contributed by atoms with E-state index in [-0.39, 0.29) is 17.4 Å². The van der Waals surface area contributed by atoms with E-state index in [1.54, 1.807) is 36.5 Å². The number of phenolic OH excluding ortho intramolecular Hbond substituents is 1. The third-order valence-electron chi connectivity index (χ3n) is 6.73. The predicted octanol–water partition coefficient (Wildman–Crippen LogP) is 3.79. The molecule has 0 unspecified atom stereocenters. The first-order valence-electron chi connectivity index (χ1n) is 12.5. The SMILES string of the molecule is CCn1ncc(CN(C)C(=O)c2nc(-c3ccc(NC4CCOCC4)cn3)nc3ccc(O)cc23)c1C. The molecule has 1 amide bonds. The summed E-state index contributed by atoms with van der Waals surface area (Å²) in [6.45, 7) is 6.69. The van der Waals surface area contributed by atoms with Gasteiger partial charge >= 0.3 is 0 Å². The lowest BCUT2D eigenvalue weighted by atomic mass is 10.1. The second kappa shape index (κ2) is 10.5. The summed E-state index contributed by atoms with van der Waals surface area (Å²) in [5.41, 5.74) is 4.23. The summed E-state index contributed by atoms with van der Waals surface area (Å²) in [5.74, 6) is 0.116. The Hall–Kier alpha value is -4.05. The second-order valence-electron chi connectivity index (χ2n) is 9.29. The van der Waals surface area contributed by atoms with E-state index in [0.29, 0.717) is 35.0 Å². The van der Waals surface area contributed by atoms with Gasteiger partial charge in [0.25, 0.3) is 5.91 Å². The number of aromatic nitrogens is 5. The molecular weight excluding hydrogens is 470 g/mol. The summed E-state index contributed by atoms with van der Waals surface area (Å²) in [6, 6.07) is 8.92. The van der Waals surface area contributed by atoms with Gasteiger partial charge in [0, 0.05) is 56.0 Å². The van der Waals surface area contributed by atoms with Crippen molar-refractivity contribution in [3.05, 3.63) is 59.7 Å². The first-order valence-corrected chi connectivity index (χ1v) is 12.5. The number of carbonyl (C=O) groups is 1. The molecule has 5 rings (SSSR count). The molecule has 1 saturated heterocycles. The zero-order valence-corrected chi connectivity index (χ0v) is 21.3. The number of fused-ring (bicyclic) bond motifs is 1. The van der Waals surface area contributed by atoms with Gasteiger partial charge in [-0.25, -0.2) is 9.97 Å². The Kier molecular flexibility index (Phi) is 7.00. The number of amides is 1. The molecule has 1 aromatic carbocycles. The number of nitrogens with one attached hydrogen (secondary N) is 1. The fraction of sp³-hybridized carbons (Fsp3) is 0.370. The molecule has 4 aromatic rings. The number of aryl methyl sites for hydroxylation is 1. The number of carbonyl (C=O) groups excluding carboxylic acids is 1. The van der Waals surface area contributed by atoms with Crippen molar-refractivity contribution in [2.75, 3.05) is 25.6 Å². The van der Waals surface area contributed by atoms with Crippen LogP contribution in [0.5, 0.6) is 5.75 Å². The van der Waals surface area contributed by atoms with E-state index < -0.39 is 0 Å². The molecular formula is C27H31N7O3. The van der Waals surface area contributed by atoms with Gasteiger partial charge in [-0.2, -0.15) is 5.10 Å². The Morgan fingerprint density at radius 3 is 2.70 bits per heavy atom. The van der Waals surface area contributed by atoms with Crippen LogP contribution in [0.2, 0.25) is 0 Å². The highest BCUT2D eigenvalue weighted by Crippen LogP contribution is 2.26. The van der Waals surface area contributed by atoms with Gasteiger partial charge in [-0.1, -0.05) is 0 Å². The largest absolute Gasteiger partial charge is 0.508 e. The monoisotopic (exact) mass is 501 g/mol. The average molecular weight is 502 g/mol. The smallest absolute Gasteiger partial charge is 0.273 e. The maximum absolute atomic E-state index is 13.6. The Morgan fingerprint density at radius 1 is 1.19 bits per heavy atom. The van der Waals surface area contributed by atoms with Crippen LogP contribution < -0.4 is 5.32 Å². The third kappa shape index (κ3) is 5.24. The molecule has 1 aliphatic rings. The standard InChI is InChI=1S/C27H31N7O3/c1-4-34-17(2)18(14-29-34)16-33(3)27(36)25-22-13-21(35)6-8-23(22)31-26(32-25)24-7-5-20(15-28-24)30-19-9-11-37-12-10-19/h5-8,13-15,19,30,35H,4,9-12,16H2,1-3H3. The van der Waals surface area contributed by atoms with Crippen LogP contribution in [0, 0.1) is 6.92 Å². The molecule has 2 N–H and O–H groups in total. The van der Waals surface area contributed by atoms with Crippen molar-refractivity contribution >= 4 is 22.5 Å². The zero-order chi connectivity index (χ0) is 25.9. The number of hydrogen-bond donors (Lipinski definition) is 2. The number of phenols is 1. The number of pyridine rings is 1. The summed E-state index contributed by atoms with van der Waals surface area (Å²) in [7, 11) is 1.73. The highest BCUT2D eigenvalue weighted by atomic mass is 16.5. The molecule has 1 aliphatic heterocycles. The van der Waals surface area contributed by atoms with Crippen LogP contribution in [0.1, 0.15) is 41.5 Å². The molecule has 0 aliphatic carbocycles. The minimum absolute atomic E-state index is 0.0438. The molecule has 192 valence electrons. The maximum Gasteiger partial charge on any atom is 0.273 e. The molecule has 0 saturated carbocycles. The van der Waals surface area contributed by atoms with Crippen molar-refractivity contribution < 1.29 is 14.6 Å². The molecule has 10 nitrogen and oxygen atoms in total. The molecule has 10 heteroatoms. The van der Waals surface area contributed by atoms with Crippen LogP contribution in [0.3, 0.4) is 0 Å². The van der Waals surface area contributed by atoms with E-state index in [1.807, 2.05) is 30.7 Å². The number of benzene rings is 1. The average Bonchev–Trinajstić information content (AvgIpc) is 3.27. The van der Waals surface area contributed by atoms with E-state index in [9.17, 15) is 9.90 Å². The molecule has 3 aromatic heterocycles. The minimum atomic E-state index is -0.277. The summed E-state index contributed by atoms with van der Waals surface area (Å²) < 4.78 is 7.33. The van der Waals surface area contributed by atoms with Gasteiger partial charge in [0.1, 0.15) is 17.1 Å². The van der Waals surface area contributed by atoms with E-state index in [1.165, 1.54) is 6.07 Å². The predicted molar refractivity (Wildman–Crippen MR) is 140 cm³/mol. The quantitative estimate of drug-likeness (QED) is 0.393. The second-order valence-corrected chi connectivity index (χ2v) is 9.29. The molecule has 37 heavy (non-hydrogen) atoms. The van der Waals surface area contributed by atoms with Crippen molar-refractivity contribution in [1.82, 2.24) is 29.6 Å². The van der Waals surface area contributed by atoms with E-state index in [4.69, 9.17) is 4.74 Å². The number of aromatic hydroxyl groups is 1. The van der Waals surface area contributed by atoms with E-state index in [2.05, 4.69) is 25.4 Å². The number of anilines is 1. The lowest BCUT2D eigenvalue weighted by Crippen LogP contribution is -2.28. The Labute approximate surface area is 215 Å². The fourth-order valence-electron chi connectivity index (χ4n) is 4.55. The highest BCUT2D eigenvalue weighted by molar-refractivity contribution is 6.05. The lowest BCUT2D eigenvalue weighted by Gasteiger charge is -2.24. The van der Waals surface area contributed by atoms with Crippen LogP contribution in [-0.2, 0) is 17.8 Å². The van der Waals surface area contributed by atoms with Gasteiger partial charge in [-0.05, 0) is 57.0 Å². The summed E-state index contributed by atoms with van der Waals surface area (Å²) in [5, 5.41) is 18.5. The first kappa shape index (κ1) is 24.6. The highest BCUT2D eigenvalue weighted by Gasteiger charge is 2.22. The van der Waals surface area contributed by atoms with E-state index in [0.717, 1.165) is 49.5 Å². The van der Waals surface area contributed by atoms with Crippen LogP contribution in [0.4, 0.5) is 5.69 Å². The Balaban J connectivity index is 1.45. The van der Waals surface area contributed by atoms with Crippen molar-refractivity contribution in [1.29, 1.82) is 0 Å². The lowest BCUT2D eigenvalue weighted by molar-refractivity contribution is 0.0781. The van der Waals surface area contributed by atoms with Gasteiger partial charge < -0.3 is 20.1 Å². The maximum atomic E-state index is 13.6. The van der Waals surface area contributed by atoms with Crippen molar-refractivity contribution in [3.63, 3.8) is 0 Å². The zero-order valence-electron chi connectivity index (χ0n) is 21.3. The van der Waals surface area contributed by atoms with Crippen LogP contribution in [0.25, 0.3) is 22.4 Å². The Bertz CT molecular complexity index is 1410.